The predicted molar refractivity (Wildman–Crippen MR) is 198 cm³/mol. The van der Waals surface area contributed by atoms with Crippen LogP contribution in [-0.4, -0.2) is 98.2 Å². The van der Waals surface area contributed by atoms with Gasteiger partial charge in [-0.05, 0) is 46.3 Å². The van der Waals surface area contributed by atoms with Gasteiger partial charge in [0.05, 0.1) is 48.3 Å². The Morgan fingerprint density at radius 2 is 1.51 bits per heavy atom. The number of nitrogens with one attached hydrogen (secondary N) is 1. The number of aliphatic hydroxyl groups is 5. The molecular formula is C40H51NO14. The van der Waals surface area contributed by atoms with E-state index in [4.69, 9.17) is 18.9 Å². The molecule has 0 fully saturated rings. The Hall–Kier alpha value is -4.80. The molecule has 4 bridgehead atoms. The molecule has 0 saturated heterocycles. The van der Waals surface area contributed by atoms with Crippen molar-refractivity contribution in [1.29, 1.82) is 0 Å². The van der Waals surface area contributed by atoms with Gasteiger partial charge in [-0.2, -0.15) is 0 Å². The quantitative estimate of drug-likeness (QED) is 0.130. The molecule has 0 saturated carbocycles. The second-order valence-electron chi connectivity index (χ2n) is 14.7. The van der Waals surface area contributed by atoms with Crippen LogP contribution < -0.4 is 10.1 Å². The molecule has 4 aliphatic rings. The zero-order valence-corrected chi connectivity index (χ0v) is 32.6. The number of ketones is 1. The third-order valence-corrected chi connectivity index (χ3v) is 10.6. The van der Waals surface area contributed by atoms with Crippen LogP contribution in [0, 0.1) is 30.6 Å². The number of Topliss-reactive ketones (excluding diaryl/α,β-unsaturated/α-hetero) is 1. The van der Waals surface area contributed by atoms with Crippen LogP contribution in [-0.2, 0) is 28.6 Å². The number of fused-ring (bicyclic) bond motifs is 14. The van der Waals surface area contributed by atoms with Crippen molar-refractivity contribution in [2.75, 3.05) is 19.2 Å². The third-order valence-electron chi connectivity index (χ3n) is 10.6. The fraction of sp³-hybridized carbons (Fsp3) is 0.500. The molecule has 1 aromatic carbocycles. The van der Waals surface area contributed by atoms with E-state index < -0.39 is 89.9 Å². The number of allylic oxidation sites excluding steroid dienone is 5. The van der Waals surface area contributed by atoms with Gasteiger partial charge in [-0.3, -0.25) is 19.2 Å². The number of carbonyl (C=O) groups excluding carboxylic acids is 4. The van der Waals surface area contributed by atoms with Crippen LogP contribution in [0.1, 0.15) is 76.9 Å². The number of phenols is 1. The smallest absolute Gasteiger partial charge is 0.313 e. The van der Waals surface area contributed by atoms with E-state index >= 15 is 0 Å². The summed E-state index contributed by atoms with van der Waals surface area (Å²) in [6, 6.07) is 0. The Labute approximate surface area is 319 Å². The minimum atomic E-state index is -2.17. The number of aliphatic hydroxyl groups excluding tert-OH is 4. The standard InChI is InChI=1S/C40H51NO14/c1-16-12-11-13-17(2)38(49)41-28-19(4)36(55-23(8)42)24-25(33(28)47)31(45)21(6)35-26(24)34(53-15-54-35)18(3)14-40(9,51)37(48)22(7)32(46)27(39(50)52-10)30(44)20(5)29(16)43/h11-14,16,20,22,27,29-30,32,37,43-44,46-48,51H,15H2,1-10H3,(H,41,49)/b12-11-,17-13+,18-14+/t16-,20+,22-,27+,29+,30+,32+,37+,40+/m0/s1. The van der Waals surface area contributed by atoms with E-state index in [9.17, 15) is 49.8 Å². The largest absolute Gasteiger partial charge is 0.505 e. The summed E-state index contributed by atoms with van der Waals surface area (Å²) in [5, 5.41) is 71.8. The number of esters is 2. The first kappa shape index (κ1) is 42.9. The Bertz CT molecular complexity index is 1920. The minimum Gasteiger partial charge on any atom is -0.505 e. The fourth-order valence-electron chi connectivity index (χ4n) is 7.28. The van der Waals surface area contributed by atoms with Crippen LogP contribution in [0.2, 0.25) is 0 Å². The minimum absolute atomic E-state index is 0.00256. The number of rotatable bonds is 2. The summed E-state index contributed by atoms with van der Waals surface area (Å²) >= 11 is 0. The highest BCUT2D eigenvalue weighted by Crippen LogP contribution is 2.53. The third kappa shape index (κ3) is 8.12. The molecule has 0 spiro atoms. The van der Waals surface area contributed by atoms with Crippen LogP contribution >= 0.6 is 0 Å². The van der Waals surface area contributed by atoms with Crippen molar-refractivity contribution in [3.05, 3.63) is 69.2 Å². The Morgan fingerprint density at radius 1 is 0.909 bits per heavy atom. The Kier molecular flexibility index (Phi) is 12.9. The maximum Gasteiger partial charge on any atom is 0.313 e. The van der Waals surface area contributed by atoms with E-state index in [1.165, 1.54) is 66.7 Å². The van der Waals surface area contributed by atoms with Crippen molar-refractivity contribution >= 4 is 34.9 Å². The normalized spacial score (nSPS) is 33.3. The molecule has 15 nitrogen and oxygen atoms in total. The lowest BCUT2D eigenvalue weighted by Gasteiger charge is -2.39. The number of hydrogen-bond donors (Lipinski definition) is 7. The molecule has 1 aromatic rings. The van der Waals surface area contributed by atoms with Crippen molar-refractivity contribution in [2.45, 2.75) is 92.3 Å². The number of ether oxygens (including phenoxy) is 4. The van der Waals surface area contributed by atoms with E-state index in [0.717, 1.165) is 14.0 Å². The summed E-state index contributed by atoms with van der Waals surface area (Å²) in [5.41, 5.74) is -2.34. The number of carbonyl (C=O) groups is 4. The number of anilines is 1. The molecule has 3 heterocycles. The summed E-state index contributed by atoms with van der Waals surface area (Å²) in [4.78, 5) is 53.0. The van der Waals surface area contributed by atoms with Crippen LogP contribution in [0.25, 0.3) is 5.57 Å². The van der Waals surface area contributed by atoms with Crippen LogP contribution in [0.5, 0.6) is 11.5 Å². The SMILES string of the molecule is COC(=O)[C@@H]1[C@H](O)[C@H](C)[C@H](O)[C@@H](C)/C=C\C=C(/C)C(=O)Nc2c(C)c(OC(C)=O)c3c(c2O)C(=O)C(C)=C2OCOC(=C23)/C(C)=C/[C@@](C)(O)[C@H](O)[C@@H](C)[C@H]1O. The summed E-state index contributed by atoms with van der Waals surface area (Å²) < 4.78 is 22.3. The summed E-state index contributed by atoms with van der Waals surface area (Å²) in [6.07, 6.45) is -0.878. The van der Waals surface area contributed by atoms with Gasteiger partial charge in [0.1, 0.15) is 28.8 Å². The average molecular weight is 770 g/mol. The van der Waals surface area contributed by atoms with Gasteiger partial charge in [-0.15, -0.1) is 0 Å². The molecule has 5 rings (SSSR count). The van der Waals surface area contributed by atoms with Gasteiger partial charge < -0.3 is 54.9 Å². The van der Waals surface area contributed by atoms with E-state index in [0.29, 0.717) is 0 Å². The summed E-state index contributed by atoms with van der Waals surface area (Å²) in [6.45, 7) is 12.3. The first-order valence-corrected chi connectivity index (χ1v) is 17.8. The zero-order valence-electron chi connectivity index (χ0n) is 32.6. The predicted octanol–water partition coefficient (Wildman–Crippen LogP) is 3.10. The highest BCUT2D eigenvalue weighted by Gasteiger charge is 2.47. The molecule has 3 aliphatic heterocycles. The lowest BCUT2D eigenvalue weighted by Crippen LogP contribution is -2.53. The van der Waals surface area contributed by atoms with Gasteiger partial charge in [-0.25, -0.2) is 0 Å². The van der Waals surface area contributed by atoms with Crippen molar-refractivity contribution < 1.29 is 68.8 Å². The molecule has 1 amide bonds. The van der Waals surface area contributed by atoms with Crippen molar-refractivity contribution in [2.24, 2.45) is 23.7 Å². The van der Waals surface area contributed by atoms with Gasteiger partial charge in [-0.1, -0.05) is 39.0 Å². The number of benzene rings is 1. The molecule has 0 unspecified atom stereocenters. The maximum absolute atomic E-state index is 14.0. The second-order valence-corrected chi connectivity index (χ2v) is 14.7. The van der Waals surface area contributed by atoms with Crippen LogP contribution in [0.4, 0.5) is 5.69 Å². The van der Waals surface area contributed by atoms with E-state index in [-0.39, 0.29) is 61.9 Å². The van der Waals surface area contributed by atoms with Crippen molar-refractivity contribution in [1.82, 2.24) is 0 Å². The summed E-state index contributed by atoms with van der Waals surface area (Å²) in [5.74, 6) is -8.68. The topological polar surface area (TPSA) is 239 Å². The van der Waals surface area contributed by atoms with Crippen LogP contribution in [0.15, 0.2) is 52.5 Å². The molecule has 0 aromatic heterocycles. The number of phenolic OH excluding ortho intramolecular Hbond substituents is 1. The molecule has 15 heteroatoms. The van der Waals surface area contributed by atoms with Gasteiger partial charge >= 0.3 is 11.9 Å². The molecular weight excluding hydrogens is 718 g/mol. The number of hydrogen-bond acceptors (Lipinski definition) is 14. The highest BCUT2D eigenvalue weighted by atomic mass is 16.7. The molecule has 1 aliphatic carbocycles. The number of amides is 1. The lowest BCUT2D eigenvalue weighted by atomic mass is 9.75. The second kappa shape index (κ2) is 16.5. The zero-order chi connectivity index (χ0) is 41.4. The van der Waals surface area contributed by atoms with Crippen molar-refractivity contribution in [3.8, 4) is 11.5 Å². The monoisotopic (exact) mass is 769 g/mol. The maximum atomic E-state index is 14.0. The Balaban J connectivity index is 2.07. The molecule has 7 N–H and O–H groups in total. The first-order valence-electron chi connectivity index (χ1n) is 17.8. The van der Waals surface area contributed by atoms with Gasteiger partial charge in [0, 0.05) is 47.0 Å². The molecule has 300 valence electrons. The van der Waals surface area contributed by atoms with Crippen LogP contribution in [0.3, 0.4) is 0 Å². The van der Waals surface area contributed by atoms with Gasteiger partial charge in [0.2, 0.25) is 6.79 Å². The molecule has 0 radical (unpaired) electrons. The average Bonchev–Trinajstić information content (AvgIpc) is 3.13. The molecule has 55 heavy (non-hydrogen) atoms. The number of aromatic hydroxyl groups is 1. The first-order chi connectivity index (χ1) is 25.6. The van der Waals surface area contributed by atoms with Gasteiger partial charge in [0.25, 0.3) is 5.91 Å². The summed E-state index contributed by atoms with van der Waals surface area (Å²) in [7, 11) is 1.06. The van der Waals surface area contributed by atoms with E-state index in [1.54, 1.807) is 13.0 Å². The number of methoxy groups -OCH3 is 1. The van der Waals surface area contributed by atoms with Crippen molar-refractivity contribution in [3.63, 3.8) is 0 Å². The van der Waals surface area contributed by atoms with Gasteiger partial charge in [0.15, 0.2) is 11.5 Å². The fourth-order valence-corrected chi connectivity index (χ4v) is 7.28. The highest BCUT2D eigenvalue weighted by molar-refractivity contribution is 6.21. The van der Waals surface area contributed by atoms with E-state index in [2.05, 4.69) is 5.32 Å². The van der Waals surface area contributed by atoms with E-state index in [1.807, 2.05) is 0 Å². The lowest BCUT2D eigenvalue weighted by molar-refractivity contribution is -0.168. The molecule has 9 atom stereocenters. The Morgan fingerprint density at radius 3 is 2.11 bits per heavy atom.